The Labute approximate surface area is 208 Å². The van der Waals surface area contributed by atoms with Crippen LogP contribution >= 0.6 is 24.0 Å². The summed E-state index contributed by atoms with van der Waals surface area (Å²) < 4.78 is 1.94. The van der Waals surface area contributed by atoms with E-state index in [2.05, 4.69) is 39.9 Å². The van der Waals surface area contributed by atoms with Crippen molar-refractivity contribution in [3.63, 3.8) is 0 Å². The molecule has 9 heteroatoms. The van der Waals surface area contributed by atoms with Gasteiger partial charge in [-0.25, -0.2) is 4.99 Å². The molecule has 0 radical (unpaired) electrons. The molecule has 0 saturated heterocycles. The van der Waals surface area contributed by atoms with Crippen molar-refractivity contribution < 1.29 is 4.79 Å². The van der Waals surface area contributed by atoms with Crippen molar-refractivity contribution in [3.8, 4) is 0 Å². The molecule has 1 aromatic heterocycles. The summed E-state index contributed by atoms with van der Waals surface area (Å²) in [5, 5.41) is 15.3. The Kier molecular flexibility index (Phi) is 9.47. The van der Waals surface area contributed by atoms with Crippen LogP contribution in [0.4, 0.5) is 0 Å². The van der Waals surface area contributed by atoms with Crippen LogP contribution in [0.15, 0.2) is 35.3 Å². The Bertz CT molecular complexity index is 904. The first-order chi connectivity index (χ1) is 14.8. The largest absolute Gasteiger partial charge is 0.355 e. The molecule has 1 heterocycles. The van der Waals surface area contributed by atoms with Crippen molar-refractivity contribution in [2.45, 2.75) is 52.1 Å². The lowest BCUT2D eigenvalue weighted by molar-refractivity contribution is -0.138. The van der Waals surface area contributed by atoms with Gasteiger partial charge in [0.2, 0.25) is 5.91 Å². The fraction of sp³-hybridized carbons (Fsp3) is 0.565. The van der Waals surface area contributed by atoms with Crippen LogP contribution in [0.1, 0.15) is 55.9 Å². The van der Waals surface area contributed by atoms with Crippen LogP contribution in [0.25, 0.3) is 0 Å². The topological polar surface area (TPSA) is 87.4 Å². The Morgan fingerprint density at radius 2 is 1.88 bits per heavy atom. The zero-order valence-corrected chi connectivity index (χ0v) is 22.1. The number of nitrogens with one attached hydrogen (secondary N) is 2. The van der Waals surface area contributed by atoms with Crippen molar-refractivity contribution in [2.75, 3.05) is 20.6 Å². The third-order valence-corrected chi connectivity index (χ3v) is 6.23. The van der Waals surface area contributed by atoms with Crippen LogP contribution < -0.4 is 10.6 Å². The first kappa shape index (κ1) is 26.1. The summed E-state index contributed by atoms with van der Waals surface area (Å²) in [6, 6.07) is 10.3. The molecule has 1 aliphatic rings. The van der Waals surface area contributed by atoms with E-state index in [1.165, 1.54) is 5.56 Å². The molecule has 1 aromatic carbocycles. The van der Waals surface area contributed by atoms with E-state index in [-0.39, 0.29) is 41.3 Å². The monoisotopic (exact) mass is 553 g/mol. The van der Waals surface area contributed by atoms with E-state index >= 15 is 0 Å². The van der Waals surface area contributed by atoms with Crippen molar-refractivity contribution in [1.82, 2.24) is 30.3 Å². The summed E-state index contributed by atoms with van der Waals surface area (Å²) in [5.41, 5.74) is 0.801. The summed E-state index contributed by atoms with van der Waals surface area (Å²) in [4.78, 5) is 19.4. The molecule has 1 atom stereocenters. The zero-order valence-electron chi connectivity index (χ0n) is 19.8. The third-order valence-electron chi connectivity index (χ3n) is 6.23. The number of rotatable bonds is 7. The highest BCUT2D eigenvalue weighted by atomic mass is 127. The SMILES string of the molecule is Cc1nnc(CN=C(NCC2(C(=O)N(C)C)CCCC2)NC(C)c2ccccc2)n1C.I. The molecule has 32 heavy (non-hydrogen) atoms. The molecule has 176 valence electrons. The molecule has 1 saturated carbocycles. The number of guanidine groups is 1. The van der Waals surface area contributed by atoms with Gasteiger partial charge < -0.3 is 20.1 Å². The van der Waals surface area contributed by atoms with Gasteiger partial charge in [-0.3, -0.25) is 4.79 Å². The Hall–Kier alpha value is -2.17. The summed E-state index contributed by atoms with van der Waals surface area (Å²) >= 11 is 0. The standard InChI is InChI=1S/C23H35N7O.HI/c1-17(19-11-7-6-8-12-19)26-22(24-15-20-28-27-18(2)30(20)5)25-16-23(13-9-10-14-23)21(31)29(3)4;/h6-8,11-12,17H,9-10,13-16H2,1-5H3,(H2,24,25,26);1H. The van der Waals surface area contributed by atoms with Gasteiger partial charge in [0.1, 0.15) is 12.4 Å². The van der Waals surface area contributed by atoms with Gasteiger partial charge in [0, 0.05) is 27.7 Å². The van der Waals surface area contributed by atoms with Gasteiger partial charge in [0.25, 0.3) is 0 Å². The minimum atomic E-state index is -0.372. The Balaban J connectivity index is 0.00000363. The number of nitrogens with zero attached hydrogens (tertiary/aromatic N) is 5. The number of halogens is 1. The number of aromatic nitrogens is 3. The molecule has 8 nitrogen and oxygen atoms in total. The quantitative estimate of drug-likeness (QED) is 0.313. The van der Waals surface area contributed by atoms with Crippen LogP contribution in [-0.2, 0) is 18.4 Å². The van der Waals surface area contributed by atoms with Crippen molar-refractivity contribution in [3.05, 3.63) is 47.5 Å². The minimum Gasteiger partial charge on any atom is -0.355 e. The number of carbonyl (C=O) groups is 1. The summed E-state index contributed by atoms with van der Waals surface area (Å²) in [7, 11) is 5.61. The maximum Gasteiger partial charge on any atom is 0.230 e. The molecule has 2 aromatic rings. The second kappa shape index (κ2) is 11.6. The van der Waals surface area contributed by atoms with Gasteiger partial charge in [0.05, 0.1) is 11.5 Å². The lowest BCUT2D eigenvalue weighted by Crippen LogP contribution is -2.49. The van der Waals surface area contributed by atoms with Crippen LogP contribution in [0.2, 0.25) is 0 Å². The molecule has 0 aliphatic heterocycles. The highest BCUT2D eigenvalue weighted by molar-refractivity contribution is 14.0. The van der Waals surface area contributed by atoms with Gasteiger partial charge >= 0.3 is 0 Å². The molecule has 1 unspecified atom stereocenters. The molecular formula is C23H36IN7O. The number of aliphatic imine (C=N–C) groups is 1. The predicted molar refractivity (Wildman–Crippen MR) is 138 cm³/mol. The van der Waals surface area contributed by atoms with Crippen LogP contribution in [-0.4, -0.2) is 52.2 Å². The molecule has 1 amide bonds. The highest BCUT2D eigenvalue weighted by Gasteiger charge is 2.42. The lowest BCUT2D eigenvalue weighted by atomic mass is 9.84. The lowest BCUT2D eigenvalue weighted by Gasteiger charge is -2.32. The molecular weight excluding hydrogens is 517 g/mol. The normalized spacial score (nSPS) is 16.2. The van der Waals surface area contributed by atoms with E-state index in [1.54, 1.807) is 4.90 Å². The van der Waals surface area contributed by atoms with Crippen LogP contribution in [0.3, 0.4) is 0 Å². The predicted octanol–water partition coefficient (Wildman–Crippen LogP) is 3.19. The summed E-state index contributed by atoms with van der Waals surface area (Å²) in [5.74, 6) is 2.52. The fourth-order valence-electron chi connectivity index (χ4n) is 4.17. The van der Waals surface area contributed by atoms with E-state index in [1.807, 2.05) is 50.8 Å². The number of hydrogen-bond acceptors (Lipinski definition) is 4. The van der Waals surface area contributed by atoms with Crippen molar-refractivity contribution in [1.29, 1.82) is 0 Å². The second-order valence-corrected chi connectivity index (χ2v) is 8.70. The number of benzene rings is 1. The Morgan fingerprint density at radius 1 is 1.22 bits per heavy atom. The maximum absolute atomic E-state index is 13.0. The van der Waals surface area contributed by atoms with E-state index in [9.17, 15) is 4.79 Å². The zero-order chi connectivity index (χ0) is 22.4. The van der Waals surface area contributed by atoms with Gasteiger partial charge in [-0.2, -0.15) is 0 Å². The average molecular weight is 553 g/mol. The molecule has 0 spiro atoms. The van der Waals surface area contributed by atoms with Gasteiger partial charge in [-0.15, -0.1) is 34.2 Å². The minimum absolute atomic E-state index is 0. The van der Waals surface area contributed by atoms with Gasteiger partial charge in [-0.05, 0) is 32.3 Å². The fourth-order valence-corrected chi connectivity index (χ4v) is 4.17. The maximum atomic E-state index is 13.0. The van der Waals surface area contributed by atoms with Crippen LogP contribution in [0, 0.1) is 12.3 Å². The van der Waals surface area contributed by atoms with E-state index in [4.69, 9.17) is 4.99 Å². The summed E-state index contributed by atoms with van der Waals surface area (Å²) in [6.07, 6.45) is 3.97. The first-order valence-corrected chi connectivity index (χ1v) is 11.0. The van der Waals surface area contributed by atoms with E-state index in [0.717, 1.165) is 37.3 Å². The number of aryl methyl sites for hydroxylation is 1. The number of carbonyl (C=O) groups excluding carboxylic acids is 1. The Morgan fingerprint density at radius 3 is 2.44 bits per heavy atom. The highest BCUT2D eigenvalue weighted by Crippen LogP contribution is 2.38. The van der Waals surface area contributed by atoms with Crippen molar-refractivity contribution >= 4 is 35.8 Å². The summed E-state index contributed by atoms with van der Waals surface area (Å²) in [6.45, 7) is 5.00. The van der Waals surface area contributed by atoms with Gasteiger partial charge in [0.15, 0.2) is 11.8 Å². The van der Waals surface area contributed by atoms with Gasteiger partial charge in [-0.1, -0.05) is 43.2 Å². The van der Waals surface area contributed by atoms with E-state index < -0.39 is 0 Å². The molecule has 2 N–H and O–H groups in total. The molecule has 1 aliphatic carbocycles. The second-order valence-electron chi connectivity index (χ2n) is 8.70. The first-order valence-electron chi connectivity index (χ1n) is 11.0. The molecule has 0 bridgehead atoms. The average Bonchev–Trinajstić information content (AvgIpc) is 3.38. The van der Waals surface area contributed by atoms with Crippen molar-refractivity contribution in [2.24, 2.45) is 17.5 Å². The number of amides is 1. The van der Waals surface area contributed by atoms with Crippen LogP contribution in [0.5, 0.6) is 0 Å². The van der Waals surface area contributed by atoms with E-state index in [0.29, 0.717) is 19.0 Å². The molecule has 1 fully saturated rings. The third kappa shape index (κ3) is 6.20. The smallest absolute Gasteiger partial charge is 0.230 e. The molecule has 3 rings (SSSR count). The number of hydrogen-bond donors (Lipinski definition) is 2.